The van der Waals surface area contributed by atoms with Gasteiger partial charge in [-0.05, 0) is 37.6 Å². The molecular weight excluding hydrogens is 221 g/mol. The highest BCUT2D eigenvalue weighted by atomic mass is 19.1. The van der Waals surface area contributed by atoms with Gasteiger partial charge in [-0.1, -0.05) is 6.07 Å². The van der Waals surface area contributed by atoms with Gasteiger partial charge in [0.1, 0.15) is 0 Å². The van der Waals surface area contributed by atoms with Crippen LogP contribution in [0.1, 0.15) is 18.9 Å². The van der Waals surface area contributed by atoms with Crippen molar-refractivity contribution < 1.29 is 13.9 Å². The lowest BCUT2D eigenvalue weighted by molar-refractivity contribution is 0.132. The summed E-state index contributed by atoms with van der Waals surface area (Å²) in [5.74, 6) is -0.0467. The number of nitrogens with two attached hydrogens (primary N) is 1. The van der Waals surface area contributed by atoms with Gasteiger partial charge in [0, 0.05) is 20.1 Å². The number of halogens is 1. The molecule has 0 aliphatic rings. The number of ether oxygens (including phenoxy) is 2. The fourth-order valence-electron chi connectivity index (χ4n) is 1.52. The summed E-state index contributed by atoms with van der Waals surface area (Å²) < 4.78 is 24.1. The predicted octanol–water partition coefficient (Wildman–Crippen LogP) is 2.13. The van der Waals surface area contributed by atoms with Crippen molar-refractivity contribution in [3.8, 4) is 5.75 Å². The molecule has 0 aromatic heterocycles. The molecule has 3 nitrogen and oxygen atoms in total. The van der Waals surface area contributed by atoms with Crippen LogP contribution in [0, 0.1) is 5.82 Å². The van der Waals surface area contributed by atoms with Crippen LogP contribution < -0.4 is 10.5 Å². The Morgan fingerprint density at radius 3 is 2.76 bits per heavy atom. The second-order valence-corrected chi connectivity index (χ2v) is 4.01. The third-order valence-electron chi connectivity index (χ3n) is 2.49. The van der Waals surface area contributed by atoms with Crippen molar-refractivity contribution in [2.75, 3.05) is 20.3 Å². The molecule has 17 heavy (non-hydrogen) atoms. The first-order valence-electron chi connectivity index (χ1n) is 5.81. The third-order valence-corrected chi connectivity index (χ3v) is 2.49. The minimum Gasteiger partial charge on any atom is -0.488 e. The fourth-order valence-corrected chi connectivity index (χ4v) is 1.52. The van der Waals surface area contributed by atoms with Crippen LogP contribution in [0.15, 0.2) is 18.2 Å². The standard InChI is InChI=1S/C13H20FNO2/c1-10(6-8-16-2)17-13-4-3-11(5-7-15)9-12(13)14/h3-4,9-10H,5-8,15H2,1-2H3. The van der Waals surface area contributed by atoms with Gasteiger partial charge in [0.2, 0.25) is 0 Å². The molecule has 0 saturated heterocycles. The summed E-state index contributed by atoms with van der Waals surface area (Å²) in [6.45, 7) is 3.02. The maximum atomic E-state index is 13.7. The van der Waals surface area contributed by atoms with Crippen LogP contribution in [-0.4, -0.2) is 26.4 Å². The molecule has 96 valence electrons. The molecular formula is C13H20FNO2. The quantitative estimate of drug-likeness (QED) is 0.795. The van der Waals surface area contributed by atoms with E-state index >= 15 is 0 Å². The summed E-state index contributed by atoms with van der Waals surface area (Å²) in [6, 6.07) is 4.98. The highest BCUT2D eigenvalue weighted by molar-refractivity contribution is 5.29. The fraction of sp³-hybridized carbons (Fsp3) is 0.538. The van der Waals surface area contributed by atoms with Crippen LogP contribution in [0.5, 0.6) is 5.75 Å². The molecule has 1 unspecified atom stereocenters. The zero-order valence-corrected chi connectivity index (χ0v) is 10.4. The van der Waals surface area contributed by atoms with E-state index in [2.05, 4.69) is 0 Å². The molecule has 1 aromatic carbocycles. The van der Waals surface area contributed by atoms with E-state index in [1.54, 1.807) is 13.2 Å². The van der Waals surface area contributed by atoms with Gasteiger partial charge in [-0.2, -0.15) is 0 Å². The van der Waals surface area contributed by atoms with Crippen molar-refractivity contribution >= 4 is 0 Å². The van der Waals surface area contributed by atoms with Gasteiger partial charge in [0.15, 0.2) is 11.6 Å². The number of hydrogen-bond acceptors (Lipinski definition) is 3. The van der Waals surface area contributed by atoms with Crippen LogP contribution in [0.25, 0.3) is 0 Å². The first kappa shape index (κ1) is 13.9. The zero-order chi connectivity index (χ0) is 12.7. The summed E-state index contributed by atoms with van der Waals surface area (Å²) >= 11 is 0. The van der Waals surface area contributed by atoms with Crippen LogP contribution in [-0.2, 0) is 11.2 Å². The molecule has 0 heterocycles. The van der Waals surface area contributed by atoms with Crippen LogP contribution in [0.4, 0.5) is 4.39 Å². The van der Waals surface area contributed by atoms with Crippen molar-refractivity contribution in [2.24, 2.45) is 5.73 Å². The van der Waals surface area contributed by atoms with Crippen LogP contribution in [0.2, 0.25) is 0 Å². The molecule has 2 N–H and O–H groups in total. The van der Waals surface area contributed by atoms with E-state index < -0.39 is 0 Å². The summed E-state index contributed by atoms with van der Waals surface area (Å²) in [5, 5.41) is 0. The van der Waals surface area contributed by atoms with Gasteiger partial charge >= 0.3 is 0 Å². The predicted molar refractivity (Wildman–Crippen MR) is 65.7 cm³/mol. The average molecular weight is 241 g/mol. The van der Waals surface area contributed by atoms with Crippen molar-refractivity contribution in [1.29, 1.82) is 0 Å². The third kappa shape index (κ3) is 4.71. The van der Waals surface area contributed by atoms with Gasteiger partial charge in [-0.25, -0.2) is 4.39 Å². The Morgan fingerprint density at radius 1 is 1.41 bits per heavy atom. The van der Waals surface area contributed by atoms with Crippen LogP contribution >= 0.6 is 0 Å². The van der Waals surface area contributed by atoms with Crippen molar-refractivity contribution in [3.63, 3.8) is 0 Å². The first-order chi connectivity index (χ1) is 8.17. The topological polar surface area (TPSA) is 44.5 Å². The number of benzene rings is 1. The second-order valence-electron chi connectivity index (χ2n) is 4.01. The Kier molecular flexibility index (Phi) is 5.94. The Morgan fingerprint density at radius 2 is 2.18 bits per heavy atom. The SMILES string of the molecule is COCCC(C)Oc1ccc(CCN)cc1F. The lowest BCUT2D eigenvalue weighted by Gasteiger charge is -2.15. The lowest BCUT2D eigenvalue weighted by atomic mass is 10.1. The molecule has 0 saturated carbocycles. The number of methoxy groups -OCH3 is 1. The van der Waals surface area contributed by atoms with E-state index in [9.17, 15) is 4.39 Å². The summed E-state index contributed by atoms with van der Waals surface area (Å²) in [7, 11) is 1.63. The smallest absolute Gasteiger partial charge is 0.165 e. The Labute approximate surface area is 102 Å². The normalized spacial score (nSPS) is 12.5. The molecule has 0 bridgehead atoms. The van der Waals surface area contributed by atoms with Crippen molar-refractivity contribution in [1.82, 2.24) is 0 Å². The second kappa shape index (κ2) is 7.25. The van der Waals surface area contributed by atoms with Gasteiger partial charge in [0.25, 0.3) is 0 Å². The van der Waals surface area contributed by atoms with E-state index in [0.29, 0.717) is 19.6 Å². The van der Waals surface area contributed by atoms with E-state index in [0.717, 1.165) is 12.0 Å². The van der Waals surface area contributed by atoms with E-state index in [-0.39, 0.29) is 17.7 Å². The molecule has 0 amide bonds. The molecule has 4 heteroatoms. The molecule has 1 rings (SSSR count). The molecule has 0 aliphatic heterocycles. The highest BCUT2D eigenvalue weighted by Crippen LogP contribution is 2.20. The lowest BCUT2D eigenvalue weighted by Crippen LogP contribution is -2.15. The molecule has 1 aromatic rings. The van der Waals surface area contributed by atoms with Gasteiger partial charge in [-0.15, -0.1) is 0 Å². The Balaban J connectivity index is 2.59. The summed E-state index contributed by atoms with van der Waals surface area (Å²) in [4.78, 5) is 0. The molecule has 0 fully saturated rings. The van der Waals surface area contributed by atoms with E-state index in [4.69, 9.17) is 15.2 Å². The maximum absolute atomic E-state index is 13.7. The minimum absolute atomic E-state index is 0.0650. The number of rotatable bonds is 7. The number of hydrogen-bond donors (Lipinski definition) is 1. The Bertz CT molecular complexity index is 344. The van der Waals surface area contributed by atoms with E-state index in [1.807, 2.05) is 13.0 Å². The Hall–Kier alpha value is -1.13. The molecule has 0 spiro atoms. The van der Waals surface area contributed by atoms with Gasteiger partial charge in [0.05, 0.1) is 6.10 Å². The van der Waals surface area contributed by atoms with Crippen molar-refractivity contribution in [3.05, 3.63) is 29.6 Å². The largest absolute Gasteiger partial charge is 0.488 e. The highest BCUT2D eigenvalue weighted by Gasteiger charge is 2.09. The first-order valence-corrected chi connectivity index (χ1v) is 5.81. The summed E-state index contributed by atoms with van der Waals surface area (Å²) in [5.41, 5.74) is 6.31. The van der Waals surface area contributed by atoms with Crippen molar-refractivity contribution in [2.45, 2.75) is 25.9 Å². The van der Waals surface area contributed by atoms with Gasteiger partial charge in [-0.3, -0.25) is 0 Å². The minimum atomic E-state index is -0.333. The molecule has 0 aliphatic carbocycles. The molecule has 1 atom stereocenters. The van der Waals surface area contributed by atoms with Gasteiger partial charge < -0.3 is 15.2 Å². The summed E-state index contributed by atoms with van der Waals surface area (Å²) in [6.07, 6.45) is 1.35. The monoisotopic (exact) mass is 241 g/mol. The van der Waals surface area contributed by atoms with Crippen LogP contribution in [0.3, 0.4) is 0 Å². The average Bonchev–Trinajstić information content (AvgIpc) is 2.30. The maximum Gasteiger partial charge on any atom is 0.165 e. The molecule has 0 radical (unpaired) electrons. The zero-order valence-electron chi connectivity index (χ0n) is 10.4. The van der Waals surface area contributed by atoms with E-state index in [1.165, 1.54) is 6.07 Å².